The summed E-state index contributed by atoms with van der Waals surface area (Å²) in [5.41, 5.74) is 6.49. The zero-order chi connectivity index (χ0) is 18.5. The number of furan rings is 1. The number of nitrogens with one attached hydrogen (secondary N) is 2. The SMILES string of the molecule is NCC(=O)N1CC(NC(=O)c2ccccc2)CC1C(=O)Nc1ccoc1. The van der Waals surface area contributed by atoms with Gasteiger partial charge in [0, 0.05) is 18.2 Å². The number of benzene rings is 1. The highest BCUT2D eigenvalue weighted by molar-refractivity contribution is 5.98. The lowest BCUT2D eigenvalue weighted by atomic mass is 10.1. The van der Waals surface area contributed by atoms with Gasteiger partial charge in [-0.05, 0) is 24.6 Å². The second-order valence-corrected chi connectivity index (χ2v) is 6.04. The van der Waals surface area contributed by atoms with Crippen LogP contribution >= 0.6 is 0 Å². The number of hydrogen-bond acceptors (Lipinski definition) is 5. The van der Waals surface area contributed by atoms with Gasteiger partial charge < -0.3 is 25.7 Å². The molecule has 1 saturated heterocycles. The number of likely N-dealkylation sites (tertiary alicyclic amines) is 1. The summed E-state index contributed by atoms with van der Waals surface area (Å²) in [6.45, 7) is 0.0346. The van der Waals surface area contributed by atoms with Gasteiger partial charge in [-0.1, -0.05) is 18.2 Å². The summed E-state index contributed by atoms with van der Waals surface area (Å²) in [4.78, 5) is 38.4. The van der Waals surface area contributed by atoms with Gasteiger partial charge in [-0.2, -0.15) is 0 Å². The quantitative estimate of drug-likeness (QED) is 0.724. The van der Waals surface area contributed by atoms with Gasteiger partial charge in [-0.25, -0.2) is 0 Å². The molecule has 2 aromatic rings. The minimum absolute atomic E-state index is 0.200. The first-order chi connectivity index (χ1) is 12.6. The van der Waals surface area contributed by atoms with E-state index in [9.17, 15) is 14.4 Å². The molecule has 4 N–H and O–H groups in total. The van der Waals surface area contributed by atoms with E-state index < -0.39 is 6.04 Å². The molecular formula is C18H20N4O4. The third-order valence-corrected chi connectivity index (χ3v) is 4.26. The first kappa shape index (κ1) is 17.7. The van der Waals surface area contributed by atoms with E-state index in [0.29, 0.717) is 17.7 Å². The monoisotopic (exact) mass is 356 g/mol. The number of rotatable bonds is 5. The van der Waals surface area contributed by atoms with E-state index in [1.54, 1.807) is 30.3 Å². The predicted molar refractivity (Wildman–Crippen MR) is 94.2 cm³/mol. The average molecular weight is 356 g/mol. The Balaban J connectivity index is 1.69. The fraction of sp³-hybridized carbons (Fsp3) is 0.278. The number of carbonyl (C=O) groups is 3. The fourth-order valence-corrected chi connectivity index (χ4v) is 3.00. The maximum atomic E-state index is 12.5. The van der Waals surface area contributed by atoms with Crippen LogP contribution in [0.4, 0.5) is 5.69 Å². The van der Waals surface area contributed by atoms with Crippen LogP contribution in [0.5, 0.6) is 0 Å². The maximum absolute atomic E-state index is 12.5. The molecule has 3 rings (SSSR count). The van der Waals surface area contributed by atoms with Gasteiger partial charge in [0.05, 0.1) is 18.5 Å². The fourth-order valence-electron chi connectivity index (χ4n) is 3.00. The van der Waals surface area contributed by atoms with Gasteiger partial charge in [-0.15, -0.1) is 0 Å². The Hall–Kier alpha value is -3.13. The Labute approximate surface area is 150 Å². The molecule has 1 aliphatic rings. The normalized spacial score (nSPS) is 19.2. The van der Waals surface area contributed by atoms with E-state index in [1.165, 1.54) is 17.4 Å². The van der Waals surface area contributed by atoms with Gasteiger partial charge >= 0.3 is 0 Å². The van der Waals surface area contributed by atoms with Crippen LogP contribution in [-0.2, 0) is 9.59 Å². The number of hydrogen-bond donors (Lipinski definition) is 3. The van der Waals surface area contributed by atoms with Crippen LogP contribution in [0.3, 0.4) is 0 Å². The molecule has 0 aliphatic carbocycles. The smallest absolute Gasteiger partial charge is 0.251 e. The molecule has 0 bridgehead atoms. The third-order valence-electron chi connectivity index (χ3n) is 4.26. The Kier molecular flexibility index (Phi) is 5.33. The van der Waals surface area contributed by atoms with Gasteiger partial charge in [-0.3, -0.25) is 14.4 Å². The third kappa shape index (κ3) is 3.92. The molecule has 2 unspecified atom stereocenters. The summed E-state index contributed by atoms with van der Waals surface area (Å²) < 4.78 is 4.92. The number of nitrogens with zero attached hydrogens (tertiary/aromatic N) is 1. The Bertz CT molecular complexity index is 776. The number of amides is 3. The number of nitrogens with two attached hydrogens (primary N) is 1. The average Bonchev–Trinajstić information content (AvgIpc) is 3.31. The summed E-state index contributed by atoms with van der Waals surface area (Å²) in [5, 5.41) is 5.57. The number of anilines is 1. The first-order valence-corrected chi connectivity index (χ1v) is 8.27. The van der Waals surface area contributed by atoms with E-state index in [4.69, 9.17) is 10.2 Å². The molecule has 2 heterocycles. The van der Waals surface area contributed by atoms with Crippen molar-refractivity contribution in [2.75, 3.05) is 18.4 Å². The van der Waals surface area contributed by atoms with Gasteiger partial charge in [0.1, 0.15) is 12.3 Å². The summed E-state index contributed by atoms with van der Waals surface area (Å²) in [6.07, 6.45) is 3.15. The Morgan fingerprint density at radius 1 is 1.19 bits per heavy atom. The zero-order valence-electron chi connectivity index (χ0n) is 14.1. The topological polar surface area (TPSA) is 118 Å². The summed E-state index contributed by atoms with van der Waals surface area (Å²) in [6, 6.07) is 9.34. The highest BCUT2D eigenvalue weighted by Gasteiger charge is 2.39. The van der Waals surface area contributed by atoms with E-state index in [1.807, 2.05) is 6.07 Å². The van der Waals surface area contributed by atoms with Crippen LogP contribution in [0.2, 0.25) is 0 Å². The van der Waals surface area contributed by atoms with Crippen molar-refractivity contribution in [1.29, 1.82) is 0 Å². The molecule has 0 radical (unpaired) electrons. The van der Waals surface area contributed by atoms with Crippen molar-refractivity contribution < 1.29 is 18.8 Å². The van der Waals surface area contributed by atoms with Crippen molar-refractivity contribution in [2.45, 2.75) is 18.5 Å². The molecule has 0 spiro atoms. The van der Waals surface area contributed by atoms with Crippen molar-refractivity contribution in [1.82, 2.24) is 10.2 Å². The minimum atomic E-state index is -0.706. The first-order valence-electron chi connectivity index (χ1n) is 8.27. The zero-order valence-corrected chi connectivity index (χ0v) is 14.1. The minimum Gasteiger partial charge on any atom is -0.470 e. The summed E-state index contributed by atoms with van der Waals surface area (Å²) in [5.74, 6) is -0.926. The van der Waals surface area contributed by atoms with Crippen LogP contribution < -0.4 is 16.4 Å². The lowest BCUT2D eigenvalue weighted by molar-refractivity contribution is -0.135. The molecule has 8 heteroatoms. The van der Waals surface area contributed by atoms with Crippen LogP contribution in [0, 0.1) is 0 Å². The maximum Gasteiger partial charge on any atom is 0.251 e. The molecule has 1 aromatic heterocycles. The summed E-state index contributed by atoms with van der Waals surface area (Å²) in [7, 11) is 0. The van der Waals surface area contributed by atoms with Gasteiger partial charge in [0.25, 0.3) is 5.91 Å². The Morgan fingerprint density at radius 3 is 2.62 bits per heavy atom. The standard InChI is InChI=1S/C18H20N4O4/c19-9-16(23)22-10-14(21-17(24)12-4-2-1-3-5-12)8-15(22)18(25)20-13-6-7-26-11-13/h1-7,11,14-15H,8-10,19H2,(H,20,25)(H,21,24). The molecular weight excluding hydrogens is 336 g/mol. The van der Waals surface area contributed by atoms with Crippen LogP contribution in [0.15, 0.2) is 53.3 Å². The van der Waals surface area contributed by atoms with Gasteiger partial charge in [0.2, 0.25) is 11.8 Å². The van der Waals surface area contributed by atoms with Crippen molar-refractivity contribution in [2.24, 2.45) is 5.73 Å². The van der Waals surface area contributed by atoms with Crippen molar-refractivity contribution >= 4 is 23.4 Å². The molecule has 136 valence electrons. The molecule has 2 atom stereocenters. The van der Waals surface area contributed by atoms with Crippen molar-refractivity contribution in [3.63, 3.8) is 0 Å². The molecule has 1 aromatic carbocycles. The highest BCUT2D eigenvalue weighted by Crippen LogP contribution is 2.21. The van der Waals surface area contributed by atoms with E-state index in [-0.39, 0.29) is 36.9 Å². The summed E-state index contributed by atoms with van der Waals surface area (Å²) >= 11 is 0. The molecule has 0 saturated carbocycles. The van der Waals surface area contributed by atoms with Crippen LogP contribution in [0.1, 0.15) is 16.8 Å². The predicted octanol–water partition coefficient (Wildman–Crippen LogP) is 0.576. The van der Waals surface area contributed by atoms with E-state index in [2.05, 4.69) is 10.6 Å². The second-order valence-electron chi connectivity index (χ2n) is 6.04. The van der Waals surface area contributed by atoms with Gasteiger partial charge in [0.15, 0.2) is 0 Å². The van der Waals surface area contributed by atoms with Crippen molar-refractivity contribution in [3.8, 4) is 0 Å². The Morgan fingerprint density at radius 2 is 1.96 bits per heavy atom. The molecule has 26 heavy (non-hydrogen) atoms. The lowest BCUT2D eigenvalue weighted by Gasteiger charge is -2.22. The van der Waals surface area contributed by atoms with Crippen LogP contribution in [-0.4, -0.2) is 47.8 Å². The largest absolute Gasteiger partial charge is 0.470 e. The van der Waals surface area contributed by atoms with E-state index in [0.717, 1.165) is 0 Å². The second kappa shape index (κ2) is 7.83. The van der Waals surface area contributed by atoms with E-state index >= 15 is 0 Å². The van der Waals surface area contributed by atoms with Crippen molar-refractivity contribution in [3.05, 3.63) is 54.5 Å². The molecule has 1 aliphatic heterocycles. The number of carbonyl (C=O) groups excluding carboxylic acids is 3. The molecule has 1 fully saturated rings. The highest BCUT2D eigenvalue weighted by atomic mass is 16.3. The lowest BCUT2D eigenvalue weighted by Crippen LogP contribution is -2.46. The molecule has 3 amide bonds. The van der Waals surface area contributed by atoms with Crippen LogP contribution in [0.25, 0.3) is 0 Å². The molecule has 8 nitrogen and oxygen atoms in total.